The van der Waals surface area contributed by atoms with Gasteiger partial charge in [-0.25, -0.2) is 0 Å². The number of thiophene rings is 1. The lowest BCUT2D eigenvalue weighted by Crippen LogP contribution is -2.22. The molecule has 1 aliphatic rings. The van der Waals surface area contributed by atoms with Gasteiger partial charge in [0.25, 0.3) is 5.91 Å². The molecule has 1 aromatic carbocycles. The standard InChI is InChI=1S/C14H13BrN2OS/c15-12-3-4-19-13(12)8-17-14(18)9-1-2-10-6-16-7-11(10)5-9/h1-5,16H,6-8H2,(H,17,18). The Morgan fingerprint density at radius 2 is 2.16 bits per heavy atom. The number of halogens is 1. The van der Waals surface area contributed by atoms with Crippen LogP contribution in [-0.2, 0) is 19.6 Å². The van der Waals surface area contributed by atoms with Gasteiger partial charge in [0.1, 0.15) is 0 Å². The van der Waals surface area contributed by atoms with Gasteiger partial charge in [0, 0.05) is 28.0 Å². The second kappa shape index (κ2) is 5.45. The van der Waals surface area contributed by atoms with Crippen LogP contribution >= 0.6 is 27.3 Å². The quantitative estimate of drug-likeness (QED) is 0.904. The van der Waals surface area contributed by atoms with E-state index in [9.17, 15) is 4.79 Å². The van der Waals surface area contributed by atoms with Crippen molar-refractivity contribution in [3.63, 3.8) is 0 Å². The minimum Gasteiger partial charge on any atom is -0.347 e. The first-order valence-corrected chi connectivity index (χ1v) is 7.74. The van der Waals surface area contributed by atoms with E-state index in [-0.39, 0.29) is 5.91 Å². The smallest absolute Gasteiger partial charge is 0.251 e. The summed E-state index contributed by atoms with van der Waals surface area (Å²) in [4.78, 5) is 13.2. The minimum absolute atomic E-state index is 0.0185. The molecule has 0 saturated heterocycles. The molecule has 1 amide bonds. The van der Waals surface area contributed by atoms with E-state index in [2.05, 4.69) is 26.6 Å². The number of carbonyl (C=O) groups excluding carboxylic acids is 1. The third kappa shape index (κ3) is 2.73. The Morgan fingerprint density at radius 1 is 1.32 bits per heavy atom. The van der Waals surface area contributed by atoms with Gasteiger partial charge < -0.3 is 10.6 Å². The normalized spacial score (nSPS) is 13.3. The van der Waals surface area contributed by atoms with Crippen LogP contribution in [0.25, 0.3) is 0 Å². The summed E-state index contributed by atoms with van der Waals surface area (Å²) >= 11 is 5.10. The molecule has 0 radical (unpaired) electrons. The Morgan fingerprint density at radius 3 is 2.95 bits per heavy atom. The molecule has 5 heteroatoms. The number of fused-ring (bicyclic) bond motifs is 1. The first-order valence-electron chi connectivity index (χ1n) is 6.06. The van der Waals surface area contributed by atoms with Crippen molar-refractivity contribution in [3.8, 4) is 0 Å². The summed E-state index contributed by atoms with van der Waals surface area (Å²) in [6, 6.07) is 7.90. The maximum absolute atomic E-state index is 12.1. The first kappa shape index (κ1) is 12.8. The number of amides is 1. The van der Waals surface area contributed by atoms with E-state index in [0.29, 0.717) is 6.54 Å². The average Bonchev–Trinajstić information content (AvgIpc) is 3.03. The Hall–Kier alpha value is -1.17. The molecular weight excluding hydrogens is 324 g/mol. The van der Waals surface area contributed by atoms with Crippen LogP contribution in [0.15, 0.2) is 34.1 Å². The predicted molar refractivity (Wildman–Crippen MR) is 80.2 cm³/mol. The van der Waals surface area contributed by atoms with Crippen molar-refractivity contribution in [1.82, 2.24) is 10.6 Å². The van der Waals surface area contributed by atoms with Gasteiger partial charge in [0.05, 0.1) is 6.54 Å². The average molecular weight is 337 g/mol. The van der Waals surface area contributed by atoms with Crippen molar-refractivity contribution in [3.05, 3.63) is 55.7 Å². The van der Waals surface area contributed by atoms with Crippen molar-refractivity contribution in [2.75, 3.05) is 0 Å². The zero-order valence-corrected chi connectivity index (χ0v) is 12.6. The van der Waals surface area contributed by atoms with Crippen molar-refractivity contribution < 1.29 is 4.79 Å². The van der Waals surface area contributed by atoms with E-state index in [4.69, 9.17) is 0 Å². The molecule has 0 aliphatic carbocycles. The maximum Gasteiger partial charge on any atom is 0.251 e. The van der Waals surface area contributed by atoms with Crippen LogP contribution in [-0.4, -0.2) is 5.91 Å². The molecule has 0 atom stereocenters. The molecule has 2 aromatic rings. The Kier molecular flexibility index (Phi) is 3.68. The van der Waals surface area contributed by atoms with Crippen molar-refractivity contribution in [2.24, 2.45) is 0 Å². The highest BCUT2D eigenvalue weighted by atomic mass is 79.9. The molecule has 3 rings (SSSR count). The van der Waals surface area contributed by atoms with Crippen molar-refractivity contribution in [2.45, 2.75) is 19.6 Å². The Labute approximate surface area is 124 Å². The molecule has 0 fully saturated rings. The van der Waals surface area contributed by atoms with E-state index in [1.165, 1.54) is 11.1 Å². The summed E-state index contributed by atoms with van der Waals surface area (Å²) < 4.78 is 1.05. The molecule has 3 nitrogen and oxygen atoms in total. The van der Waals surface area contributed by atoms with Crippen LogP contribution < -0.4 is 10.6 Å². The molecule has 0 unspecified atom stereocenters. The van der Waals surface area contributed by atoms with Crippen LogP contribution in [0.5, 0.6) is 0 Å². The second-order valence-electron chi connectivity index (χ2n) is 4.46. The number of nitrogens with one attached hydrogen (secondary N) is 2. The molecular formula is C14H13BrN2OS. The molecule has 19 heavy (non-hydrogen) atoms. The van der Waals surface area contributed by atoms with Crippen LogP contribution in [0.3, 0.4) is 0 Å². The fraction of sp³-hybridized carbons (Fsp3) is 0.214. The zero-order valence-electron chi connectivity index (χ0n) is 10.2. The number of hydrogen-bond donors (Lipinski definition) is 2. The Bertz CT molecular complexity index is 624. The van der Waals surface area contributed by atoms with Gasteiger partial charge in [0.2, 0.25) is 0 Å². The summed E-state index contributed by atoms with van der Waals surface area (Å²) in [6.07, 6.45) is 0. The Balaban J connectivity index is 1.69. The molecule has 0 saturated carbocycles. The highest BCUT2D eigenvalue weighted by molar-refractivity contribution is 9.10. The molecule has 2 N–H and O–H groups in total. The monoisotopic (exact) mass is 336 g/mol. The number of hydrogen-bond acceptors (Lipinski definition) is 3. The molecule has 2 heterocycles. The number of rotatable bonds is 3. The van der Waals surface area contributed by atoms with Gasteiger partial charge in [0.15, 0.2) is 0 Å². The predicted octanol–water partition coefficient (Wildman–Crippen LogP) is 3.04. The lowest BCUT2D eigenvalue weighted by Gasteiger charge is -2.06. The van der Waals surface area contributed by atoms with Gasteiger partial charge in [-0.15, -0.1) is 11.3 Å². The number of benzene rings is 1. The summed E-state index contributed by atoms with van der Waals surface area (Å²) in [5.41, 5.74) is 3.25. The summed E-state index contributed by atoms with van der Waals surface area (Å²) in [6.45, 7) is 2.32. The minimum atomic E-state index is -0.0185. The maximum atomic E-state index is 12.1. The first-order chi connectivity index (χ1) is 9.24. The molecule has 1 aromatic heterocycles. The summed E-state index contributed by atoms with van der Waals surface area (Å²) in [5.74, 6) is -0.0185. The van der Waals surface area contributed by atoms with Crippen molar-refractivity contribution in [1.29, 1.82) is 0 Å². The third-order valence-corrected chi connectivity index (χ3v) is 5.13. The van der Waals surface area contributed by atoms with E-state index in [1.54, 1.807) is 11.3 Å². The fourth-order valence-corrected chi connectivity index (χ4v) is 3.58. The van der Waals surface area contributed by atoms with Crippen molar-refractivity contribution >= 4 is 33.2 Å². The number of carbonyl (C=O) groups is 1. The van der Waals surface area contributed by atoms with E-state index in [0.717, 1.165) is 28.0 Å². The third-order valence-electron chi connectivity index (χ3n) is 3.20. The van der Waals surface area contributed by atoms with Crippen LogP contribution in [0, 0.1) is 0 Å². The van der Waals surface area contributed by atoms with E-state index >= 15 is 0 Å². The largest absolute Gasteiger partial charge is 0.347 e. The zero-order chi connectivity index (χ0) is 13.2. The highest BCUT2D eigenvalue weighted by Crippen LogP contribution is 2.22. The van der Waals surface area contributed by atoms with Crippen LogP contribution in [0.4, 0.5) is 0 Å². The van der Waals surface area contributed by atoms with E-state index < -0.39 is 0 Å². The molecule has 0 bridgehead atoms. The topological polar surface area (TPSA) is 41.1 Å². The van der Waals surface area contributed by atoms with Crippen LogP contribution in [0.2, 0.25) is 0 Å². The lowest BCUT2D eigenvalue weighted by molar-refractivity contribution is 0.0951. The second-order valence-corrected chi connectivity index (χ2v) is 6.32. The highest BCUT2D eigenvalue weighted by Gasteiger charge is 2.13. The van der Waals surface area contributed by atoms with Gasteiger partial charge in [-0.1, -0.05) is 6.07 Å². The molecule has 1 aliphatic heterocycles. The molecule has 0 spiro atoms. The summed E-state index contributed by atoms with van der Waals surface area (Å²) in [5, 5.41) is 8.24. The van der Waals surface area contributed by atoms with E-state index in [1.807, 2.05) is 29.6 Å². The van der Waals surface area contributed by atoms with Gasteiger partial charge in [-0.2, -0.15) is 0 Å². The van der Waals surface area contributed by atoms with Gasteiger partial charge >= 0.3 is 0 Å². The SMILES string of the molecule is O=C(NCc1sccc1Br)c1ccc2c(c1)CNC2. The molecule has 98 valence electrons. The van der Waals surface area contributed by atoms with Gasteiger partial charge in [-0.3, -0.25) is 4.79 Å². The summed E-state index contributed by atoms with van der Waals surface area (Å²) in [7, 11) is 0. The van der Waals surface area contributed by atoms with Crippen LogP contribution in [0.1, 0.15) is 26.4 Å². The van der Waals surface area contributed by atoms with Gasteiger partial charge in [-0.05, 0) is 50.6 Å². The fourth-order valence-electron chi connectivity index (χ4n) is 2.15. The lowest BCUT2D eigenvalue weighted by atomic mass is 10.1.